The lowest BCUT2D eigenvalue weighted by atomic mass is 9.81. The van der Waals surface area contributed by atoms with Crippen molar-refractivity contribution in [3.8, 4) is 0 Å². The van der Waals surface area contributed by atoms with E-state index in [9.17, 15) is 8.42 Å². The van der Waals surface area contributed by atoms with Crippen LogP contribution in [0.15, 0.2) is 0 Å². The molecule has 0 N–H and O–H groups in total. The maximum Gasteiger partial charge on any atom is 0.150 e. The van der Waals surface area contributed by atoms with Gasteiger partial charge in [0.25, 0.3) is 0 Å². The molecule has 0 aromatic carbocycles. The van der Waals surface area contributed by atoms with Crippen molar-refractivity contribution in [2.45, 2.75) is 44.8 Å². The van der Waals surface area contributed by atoms with E-state index in [0.717, 1.165) is 19.3 Å². The second kappa shape index (κ2) is 3.99. The molecule has 3 heteroatoms. The zero-order chi connectivity index (χ0) is 10.1. The highest BCUT2D eigenvalue weighted by atomic mass is 32.2. The van der Waals surface area contributed by atoms with Crippen molar-refractivity contribution in [1.29, 1.82) is 0 Å². The van der Waals surface area contributed by atoms with Gasteiger partial charge in [0.15, 0.2) is 0 Å². The predicted octanol–water partition coefficient (Wildman–Crippen LogP) is 2.25. The van der Waals surface area contributed by atoms with Gasteiger partial charge in [0.1, 0.15) is 9.84 Å². The van der Waals surface area contributed by atoms with Crippen molar-refractivity contribution in [1.82, 2.24) is 0 Å². The molecule has 1 unspecified atom stereocenters. The van der Waals surface area contributed by atoms with Crippen molar-refractivity contribution < 1.29 is 8.42 Å². The Morgan fingerprint density at radius 2 is 1.85 bits per heavy atom. The van der Waals surface area contributed by atoms with Crippen LogP contribution >= 0.6 is 0 Å². The summed E-state index contributed by atoms with van der Waals surface area (Å²) in [6, 6.07) is 0. The highest BCUT2D eigenvalue weighted by molar-refractivity contribution is 7.91. The largest absolute Gasteiger partial charge is 0.229 e. The van der Waals surface area contributed by atoms with Gasteiger partial charge in [0.05, 0.1) is 5.25 Å². The van der Waals surface area contributed by atoms with Crippen LogP contribution in [-0.4, -0.2) is 19.9 Å². The van der Waals surface area contributed by atoms with Crippen LogP contribution in [0.1, 0.15) is 39.5 Å². The molecule has 0 aromatic rings. The van der Waals surface area contributed by atoms with Crippen LogP contribution in [0.3, 0.4) is 0 Å². The molecule has 1 saturated carbocycles. The monoisotopic (exact) mass is 204 g/mol. The minimum absolute atomic E-state index is 0.0614. The van der Waals surface area contributed by atoms with E-state index in [1.807, 2.05) is 0 Å². The van der Waals surface area contributed by atoms with Crippen LogP contribution < -0.4 is 0 Å². The summed E-state index contributed by atoms with van der Waals surface area (Å²) in [6.45, 7) is 4.38. The van der Waals surface area contributed by atoms with Crippen LogP contribution in [0.4, 0.5) is 0 Å². The fraction of sp³-hybridized carbons (Fsp3) is 1.00. The number of sulfone groups is 1. The van der Waals surface area contributed by atoms with Crippen LogP contribution in [0.5, 0.6) is 0 Å². The molecular formula is C10H20O2S. The van der Waals surface area contributed by atoms with Crippen LogP contribution in [0.2, 0.25) is 0 Å². The first-order valence-corrected chi connectivity index (χ1v) is 7.05. The molecule has 2 atom stereocenters. The Bertz CT molecular complexity index is 254. The van der Waals surface area contributed by atoms with Crippen LogP contribution in [0, 0.1) is 11.8 Å². The maximum atomic E-state index is 11.4. The molecule has 1 aliphatic rings. The van der Waals surface area contributed by atoms with Crippen molar-refractivity contribution in [2.75, 3.05) is 6.26 Å². The molecule has 1 rings (SSSR count). The van der Waals surface area contributed by atoms with Crippen LogP contribution in [0.25, 0.3) is 0 Å². The molecule has 0 heterocycles. The maximum absolute atomic E-state index is 11.4. The van der Waals surface area contributed by atoms with Gasteiger partial charge >= 0.3 is 0 Å². The SMILES string of the molecule is CC(C)[C@H]1CCCC(S(C)(=O)=O)C1. The van der Waals surface area contributed by atoms with Gasteiger partial charge in [-0.1, -0.05) is 26.7 Å². The highest BCUT2D eigenvalue weighted by Gasteiger charge is 2.29. The van der Waals surface area contributed by atoms with E-state index in [2.05, 4.69) is 13.8 Å². The summed E-state index contributed by atoms with van der Waals surface area (Å²) in [5.74, 6) is 1.25. The lowest BCUT2D eigenvalue weighted by molar-refractivity contribution is 0.280. The van der Waals surface area contributed by atoms with Gasteiger partial charge < -0.3 is 0 Å². The van der Waals surface area contributed by atoms with Crippen molar-refractivity contribution in [3.05, 3.63) is 0 Å². The lowest BCUT2D eigenvalue weighted by Gasteiger charge is -2.30. The average Bonchev–Trinajstić information content (AvgIpc) is 2.03. The molecule has 78 valence electrons. The van der Waals surface area contributed by atoms with Crippen molar-refractivity contribution in [2.24, 2.45) is 11.8 Å². The molecular weight excluding hydrogens is 184 g/mol. The normalized spacial score (nSPS) is 30.8. The molecule has 0 aliphatic heterocycles. The standard InChI is InChI=1S/C10H20O2S/c1-8(2)9-5-4-6-10(7-9)13(3,11)12/h8-10H,4-7H2,1-3H3/t9-,10?/m0/s1. The minimum atomic E-state index is -2.79. The minimum Gasteiger partial charge on any atom is -0.229 e. The quantitative estimate of drug-likeness (QED) is 0.691. The second-order valence-electron chi connectivity index (χ2n) is 4.62. The molecule has 2 nitrogen and oxygen atoms in total. The van der Waals surface area contributed by atoms with E-state index in [-0.39, 0.29) is 5.25 Å². The molecule has 0 aromatic heterocycles. The summed E-state index contributed by atoms with van der Waals surface area (Å²) < 4.78 is 22.7. The molecule has 0 saturated heterocycles. The van der Waals surface area contributed by atoms with Gasteiger partial charge in [0, 0.05) is 6.26 Å². The third kappa shape index (κ3) is 2.97. The Morgan fingerprint density at radius 1 is 1.23 bits per heavy atom. The Morgan fingerprint density at radius 3 is 2.31 bits per heavy atom. The highest BCUT2D eigenvalue weighted by Crippen LogP contribution is 2.32. The first-order valence-electron chi connectivity index (χ1n) is 5.10. The third-order valence-electron chi connectivity index (χ3n) is 3.21. The molecule has 1 aliphatic carbocycles. The predicted molar refractivity (Wildman–Crippen MR) is 55.4 cm³/mol. The van der Waals surface area contributed by atoms with E-state index in [1.165, 1.54) is 12.7 Å². The third-order valence-corrected chi connectivity index (χ3v) is 4.85. The Hall–Kier alpha value is -0.0500. The summed E-state index contributed by atoms with van der Waals surface area (Å²) in [4.78, 5) is 0. The van der Waals surface area contributed by atoms with Gasteiger partial charge in [-0.05, 0) is 24.7 Å². The summed E-state index contributed by atoms with van der Waals surface area (Å²) in [6.07, 6.45) is 5.43. The average molecular weight is 204 g/mol. The summed E-state index contributed by atoms with van der Waals surface area (Å²) in [5.41, 5.74) is 0. The second-order valence-corrected chi connectivity index (χ2v) is 6.95. The summed E-state index contributed by atoms with van der Waals surface area (Å²) >= 11 is 0. The van der Waals surface area contributed by atoms with Gasteiger partial charge in [-0.2, -0.15) is 0 Å². The van der Waals surface area contributed by atoms with Gasteiger partial charge in [-0.3, -0.25) is 0 Å². The van der Waals surface area contributed by atoms with E-state index in [1.54, 1.807) is 0 Å². The zero-order valence-corrected chi connectivity index (χ0v) is 9.60. The van der Waals surface area contributed by atoms with Gasteiger partial charge in [-0.15, -0.1) is 0 Å². The fourth-order valence-corrected chi connectivity index (χ4v) is 3.37. The van der Waals surface area contributed by atoms with Crippen molar-refractivity contribution in [3.63, 3.8) is 0 Å². The molecule has 0 radical (unpaired) electrons. The van der Waals surface area contributed by atoms with E-state index >= 15 is 0 Å². The Balaban J connectivity index is 2.62. The van der Waals surface area contributed by atoms with Gasteiger partial charge in [0.2, 0.25) is 0 Å². The first-order chi connectivity index (χ1) is 5.91. The van der Waals surface area contributed by atoms with E-state index in [0.29, 0.717) is 11.8 Å². The van der Waals surface area contributed by atoms with E-state index < -0.39 is 9.84 Å². The number of hydrogen-bond acceptors (Lipinski definition) is 2. The summed E-state index contributed by atoms with van der Waals surface area (Å²) in [5, 5.41) is -0.0614. The Kier molecular flexibility index (Phi) is 3.38. The van der Waals surface area contributed by atoms with Crippen molar-refractivity contribution >= 4 is 9.84 Å². The smallest absolute Gasteiger partial charge is 0.150 e. The lowest BCUT2D eigenvalue weighted by Crippen LogP contribution is -2.29. The molecule has 0 amide bonds. The molecule has 13 heavy (non-hydrogen) atoms. The topological polar surface area (TPSA) is 34.1 Å². The Labute approximate surface area is 81.6 Å². The van der Waals surface area contributed by atoms with Crippen LogP contribution in [-0.2, 0) is 9.84 Å². The number of rotatable bonds is 2. The fourth-order valence-electron chi connectivity index (χ4n) is 2.18. The molecule has 0 bridgehead atoms. The number of hydrogen-bond donors (Lipinski definition) is 0. The molecule has 1 fully saturated rings. The summed E-state index contributed by atoms with van der Waals surface area (Å²) in [7, 11) is -2.79. The molecule has 0 spiro atoms. The zero-order valence-electron chi connectivity index (χ0n) is 8.79. The van der Waals surface area contributed by atoms with Gasteiger partial charge in [-0.25, -0.2) is 8.42 Å². The van der Waals surface area contributed by atoms with E-state index in [4.69, 9.17) is 0 Å². The first kappa shape index (κ1) is 11.0.